The first-order valence-electron chi connectivity index (χ1n) is 5.58. The molecule has 0 amide bonds. The quantitative estimate of drug-likeness (QED) is 0.504. The van der Waals surface area contributed by atoms with Crippen LogP contribution >= 0.6 is 0 Å². The minimum Gasteiger partial charge on any atom is -0.290 e. The zero-order valence-corrected chi connectivity index (χ0v) is 10.5. The highest BCUT2D eigenvalue weighted by molar-refractivity contribution is 5.97. The van der Waals surface area contributed by atoms with Crippen molar-refractivity contribution in [3.63, 3.8) is 0 Å². The predicted molar refractivity (Wildman–Crippen MR) is 56.6 cm³/mol. The molecule has 0 aliphatic carbocycles. The van der Waals surface area contributed by atoms with Gasteiger partial charge in [-0.2, -0.15) is 39.5 Å². The summed E-state index contributed by atoms with van der Waals surface area (Å²) in [5.41, 5.74) is -3.36. The van der Waals surface area contributed by atoms with E-state index in [2.05, 4.69) is 4.99 Å². The number of allylic oxidation sites excluding steroid dienone is 2. The summed E-state index contributed by atoms with van der Waals surface area (Å²) in [7, 11) is 0. The molecule has 0 saturated heterocycles. The third kappa shape index (κ3) is 2.30. The molecule has 2 aliphatic heterocycles. The van der Waals surface area contributed by atoms with Gasteiger partial charge in [-0.1, -0.05) is 6.08 Å². The van der Waals surface area contributed by atoms with Gasteiger partial charge in [0.25, 0.3) is 5.79 Å². The number of hydrogen-bond donors (Lipinski definition) is 0. The minimum absolute atomic E-state index is 0.177. The van der Waals surface area contributed by atoms with E-state index in [1.165, 1.54) is 0 Å². The van der Waals surface area contributed by atoms with Gasteiger partial charge < -0.3 is 0 Å². The normalized spacial score (nSPS) is 25.7. The summed E-state index contributed by atoms with van der Waals surface area (Å²) in [5.74, 6) is -16.2. The number of nitrogens with zero attached hydrogens (tertiary/aromatic N) is 2. The second-order valence-electron chi connectivity index (χ2n) is 4.40. The van der Waals surface area contributed by atoms with Crippen molar-refractivity contribution >= 4 is 5.84 Å². The van der Waals surface area contributed by atoms with Crippen molar-refractivity contribution in [3.8, 4) is 0 Å². The molecule has 0 fully saturated rings. The van der Waals surface area contributed by atoms with Gasteiger partial charge in [-0.15, -0.1) is 0 Å². The van der Waals surface area contributed by atoms with Gasteiger partial charge in [0.05, 0.1) is 0 Å². The van der Waals surface area contributed by atoms with Crippen LogP contribution in [0.15, 0.2) is 40.9 Å². The maximum Gasteiger partial charge on any atom is 0.459 e. The highest BCUT2D eigenvalue weighted by Crippen LogP contribution is 2.56. The van der Waals surface area contributed by atoms with Crippen molar-refractivity contribution in [2.75, 3.05) is 0 Å². The van der Waals surface area contributed by atoms with Crippen LogP contribution in [0.5, 0.6) is 0 Å². The molecule has 2 heterocycles. The van der Waals surface area contributed by atoms with Crippen molar-refractivity contribution in [1.82, 2.24) is 4.90 Å². The fourth-order valence-electron chi connectivity index (χ4n) is 2.00. The number of alkyl halides is 9. The fraction of sp³-hybridized carbons (Fsp3) is 0.364. The van der Waals surface area contributed by atoms with E-state index in [1.807, 2.05) is 0 Å². The Balaban J connectivity index is 2.83. The van der Waals surface area contributed by atoms with Crippen molar-refractivity contribution in [3.05, 3.63) is 36.0 Å². The molecular weight excluding hydrogens is 350 g/mol. The first kappa shape index (κ1) is 17.3. The average molecular weight is 354 g/mol. The molecule has 1 unspecified atom stereocenters. The van der Waals surface area contributed by atoms with E-state index in [4.69, 9.17) is 0 Å². The Bertz CT molecular complexity index is 636. The minimum atomic E-state index is -6.73. The Kier molecular flexibility index (Phi) is 3.58. The third-order valence-electron chi connectivity index (χ3n) is 2.98. The molecule has 2 rings (SSSR count). The van der Waals surface area contributed by atoms with Crippen LogP contribution in [0.2, 0.25) is 0 Å². The fourth-order valence-corrected chi connectivity index (χ4v) is 2.00. The Morgan fingerprint density at radius 3 is 2.00 bits per heavy atom. The summed E-state index contributed by atoms with van der Waals surface area (Å²) >= 11 is 0. The molecule has 0 aromatic heterocycles. The molecule has 0 aromatic rings. The lowest BCUT2D eigenvalue weighted by Crippen LogP contribution is -2.67. The van der Waals surface area contributed by atoms with Gasteiger partial charge in [-0.05, 0) is 12.2 Å². The molecule has 2 nitrogen and oxygen atoms in total. The molecule has 0 radical (unpaired) electrons. The number of fused-ring (bicyclic) bond motifs is 1. The molecule has 0 aromatic carbocycles. The van der Waals surface area contributed by atoms with Crippen LogP contribution in [-0.4, -0.2) is 34.8 Å². The summed E-state index contributed by atoms with van der Waals surface area (Å²) in [4.78, 5) is 1.90. The van der Waals surface area contributed by atoms with Crippen LogP contribution in [0.1, 0.15) is 0 Å². The maximum atomic E-state index is 14.7. The SMILES string of the molecule is FC1=C(C(F)(F)F)C(F)(C(F)(F)C(F)(F)F)N2C=CC=CC2=N1. The van der Waals surface area contributed by atoms with Gasteiger partial charge in [0.2, 0.25) is 5.95 Å². The van der Waals surface area contributed by atoms with Gasteiger partial charge in [0, 0.05) is 6.20 Å². The second-order valence-corrected chi connectivity index (χ2v) is 4.40. The number of halogens is 10. The highest BCUT2D eigenvalue weighted by atomic mass is 19.4. The molecule has 128 valence electrons. The molecule has 1 atom stereocenters. The molecule has 2 aliphatic rings. The van der Waals surface area contributed by atoms with Gasteiger partial charge in [-0.25, -0.2) is 9.38 Å². The summed E-state index contributed by atoms with van der Waals surface area (Å²) in [5, 5.41) is 0. The Morgan fingerprint density at radius 1 is 0.957 bits per heavy atom. The van der Waals surface area contributed by atoms with Crippen LogP contribution in [0.4, 0.5) is 43.9 Å². The Morgan fingerprint density at radius 2 is 1.52 bits per heavy atom. The van der Waals surface area contributed by atoms with Gasteiger partial charge in [0.15, 0.2) is 5.57 Å². The van der Waals surface area contributed by atoms with Gasteiger partial charge in [-0.3, -0.25) is 4.90 Å². The molecular formula is C11H4F10N2. The molecule has 0 saturated carbocycles. The van der Waals surface area contributed by atoms with E-state index in [1.54, 1.807) is 0 Å². The number of rotatable bonds is 1. The van der Waals surface area contributed by atoms with E-state index < -0.39 is 46.3 Å². The van der Waals surface area contributed by atoms with Gasteiger partial charge in [0.1, 0.15) is 5.84 Å². The molecule has 0 N–H and O–H groups in total. The summed E-state index contributed by atoms with van der Waals surface area (Å²) in [6.07, 6.45) is -10.5. The van der Waals surface area contributed by atoms with Crippen LogP contribution in [0.25, 0.3) is 0 Å². The van der Waals surface area contributed by atoms with E-state index >= 15 is 0 Å². The predicted octanol–water partition coefficient (Wildman–Crippen LogP) is 4.39. The lowest BCUT2D eigenvalue weighted by Gasteiger charge is -2.45. The third-order valence-corrected chi connectivity index (χ3v) is 2.98. The van der Waals surface area contributed by atoms with Crippen LogP contribution in [0, 0.1) is 0 Å². The Labute approximate surface area is 121 Å². The zero-order chi connectivity index (χ0) is 17.8. The molecule has 12 heteroatoms. The largest absolute Gasteiger partial charge is 0.459 e. The summed E-state index contributed by atoms with van der Waals surface area (Å²) < 4.78 is 131. The van der Waals surface area contributed by atoms with E-state index in [0.717, 1.165) is 6.08 Å². The molecule has 0 bridgehead atoms. The van der Waals surface area contributed by atoms with Gasteiger partial charge >= 0.3 is 18.3 Å². The van der Waals surface area contributed by atoms with Crippen molar-refractivity contribution in [2.45, 2.75) is 24.1 Å². The Hall–Kier alpha value is -2.01. The second kappa shape index (κ2) is 4.74. The van der Waals surface area contributed by atoms with Crippen LogP contribution in [-0.2, 0) is 0 Å². The van der Waals surface area contributed by atoms with Crippen LogP contribution in [0.3, 0.4) is 0 Å². The average Bonchev–Trinajstić information content (AvgIpc) is 2.35. The first-order chi connectivity index (χ1) is 10.2. The monoisotopic (exact) mass is 354 g/mol. The molecule has 23 heavy (non-hydrogen) atoms. The standard InChI is InChI=1S/C11H4F10N2/c12-7-6(9(14,15)16)8(13,10(17,18)11(19,20)21)23-4-2-1-3-5(23)22-7/h1-4H. The van der Waals surface area contributed by atoms with Crippen molar-refractivity contribution in [2.24, 2.45) is 4.99 Å². The smallest absolute Gasteiger partial charge is 0.290 e. The number of amidine groups is 1. The van der Waals surface area contributed by atoms with E-state index in [9.17, 15) is 43.9 Å². The number of hydrogen-bond acceptors (Lipinski definition) is 2. The van der Waals surface area contributed by atoms with Crippen LogP contribution < -0.4 is 0 Å². The molecule has 0 spiro atoms. The van der Waals surface area contributed by atoms with Crippen molar-refractivity contribution < 1.29 is 43.9 Å². The maximum absolute atomic E-state index is 14.7. The topological polar surface area (TPSA) is 15.6 Å². The number of aliphatic imine (C=N–C) groups is 1. The van der Waals surface area contributed by atoms with E-state index in [-0.39, 0.29) is 6.20 Å². The lowest BCUT2D eigenvalue weighted by atomic mass is 9.92. The summed E-state index contributed by atoms with van der Waals surface area (Å²) in [6, 6.07) is 0. The zero-order valence-electron chi connectivity index (χ0n) is 10.5. The lowest BCUT2D eigenvalue weighted by molar-refractivity contribution is -0.342. The summed E-state index contributed by atoms with van der Waals surface area (Å²) in [6.45, 7) is 0. The first-order valence-corrected chi connectivity index (χ1v) is 5.58. The highest BCUT2D eigenvalue weighted by Gasteiger charge is 2.79. The van der Waals surface area contributed by atoms with Crippen molar-refractivity contribution in [1.29, 1.82) is 0 Å². The van der Waals surface area contributed by atoms with E-state index in [0.29, 0.717) is 12.2 Å².